The highest BCUT2D eigenvalue weighted by Crippen LogP contribution is 2.48. The van der Waals surface area contributed by atoms with E-state index in [4.69, 9.17) is 0 Å². The summed E-state index contributed by atoms with van der Waals surface area (Å²) < 4.78 is 0. The van der Waals surface area contributed by atoms with Gasteiger partial charge in [-0.15, -0.1) is 0 Å². The molecule has 2 aliphatic rings. The van der Waals surface area contributed by atoms with Crippen LogP contribution in [0.2, 0.25) is 0 Å². The largest absolute Gasteiger partial charge is 0.338 e. The summed E-state index contributed by atoms with van der Waals surface area (Å²) in [6.07, 6.45) is 4.67. The minimum atomic E-state index is -0.903. The molecule has 1 aliphatic heterocycles. The number of hydrogen-bond donors (Lipinski definition) is 1. The lowest BCUT2D eigenvalue weighted by atomic mass is 10.0. The number of piperazine rings is 1. The number of benzene rings is 1. The molecule has 1 aliphatic carbocycles. The monoisotopic (exact) mass is 379 g/mol. The Morgan fingerprint density at radius 3 is 2.14 bits per heavy atom. The van der Waals surface area contributed by atoms with Crippen LogP contribution in [-0.2, 0) is 9.59 Å². The van der Waals surface area contributed by atoms with E-state index in [1.54, 1.807) is 18.5 Å². The summed E-state index contributed by atoms with van der Waals surface area (Å²) >= 11 is 0. The van der Waals surface area contributed by atoms with Crippen molar-refractivity contribution in [3.8, 4) is 0 Å². The third-order valence-electron chi connectivity index (χ3n) is 5.72. The molecule has 28 heavy (non-hydrogen) atoms. The van der Waals surface area contributed by atoms with Crippen molar-refractivity contribution < 1.29 is 9.59 Å². The predicted molar refractivity (Wildman–Crippen MR) is 107 cm³/mol. The molecule has 1 saturated heterocycles. The second-order valence-corrected chi connectivity index (χ2v) is 7.63. The van der Waals surface area contributed by atoms with Gasteiger partial charge in [-0.2, -0.15) is 0 Å². The van der Waals surface area contributed by atoms with Gasteiger partial charge >= 0.3 is 0 Å². The molecule has 0 spiro atoms. The van der Waals surface area contributed by atoms with Crippen LogP contribution in [0.15, 0.2) is 36.7 Å². The first-order valence-corrected chi connectivity index (χ1v) is 9.70. The summed E-state index contributed by atoms with van der Waals surface area (Å²) in [7, 11) is 0. The van der Waals surface area contributed by atoms with Gasteiger partial charge in [-0.25, -0.2) is 9.97 Å². The lowest BCUT2D eigenvalue weighted by molar-refractivity contribution is -0.142. The Morgan fingerprint density at radius 2 is 1.57 bits per heavy atom. The van der Waals surface area contributed by atoms with Crippen molar-refractivity contribution in [2.24, 2.45) is 5.41 Å². The first-order chi connectivity index (χ1) is 13.5. The van der Waals surface area contributed by atoms with Crippen LogP contribution in [0.5, 0.6) is 0 Å². The number of para-hydroxylation sites is 1. The highest BCUT2D eigenvalue weighted by Gasteiger charge is 2.58. The molecule has 7 nitrogen and oxygen atoms in total. The second kappa shape index (κ2) is 7.22. The smallest absolute Gasteiger partial charge is 0.240 e. The van der Waals surface area contributed by atoms with Gasteiger partial charge in [0.25, 0.3) is 0 Å². The summed E-state index contributed by atoms with van der Waals surface area (Å²) in [6, 6.07) is 7.69. The van der Waals surface area contributed by atoms with Gasteiger partial charge in [-0.05, 0) is 43.9 Å². The molecule has 2 heterocycles. The van der Waals surface area contributed by atoms with Gasteiger partial charge in [-0.1, -0.05) is 18.2 Å². The summed E-state index contributed by atoms with van der Waals surface area (Å²) in [4.78, 5) is 38.6. The van der Waals surface area contributed by atoms with E-state index in [2.05, 4.69) is 20.2 Å². The van der Waals surface area contributed by atoms with E-state index in [1.807, 2.05) is 36.9 Å². The SMILES string of the molecule is Cc1cccc(C)c1NC(=O)C1(C(=O)N2CCN(c3ncccn3)CC2)CC1. The zero-order chi connectivity index (χ0) is 19.7. The van der Waals surface area contributed by atoms with Gasteiger partial charge in [0.2, 0.25) is 17.8 Å². The summed E-state index contributed by atoms with van der Waals surface area (Å²) in [5.74, 6) is 0.456. The Kier molecular flexibility index (Phi) is 4.75. The number of hydrogen-bond acceptors (Lipinski definition) is 5. The molecule has 1 aromatic heterocycles. The zero-order valence-corrected chi connectivity index (χ0v) is 16.3. The Hall–Kier alpha value is -2.96. The van der Waals surface area contributed by atoms with Gasteiger partial charge in [0.1, 0.15) is 5.41 Å². The van der Waals surface area contributed by atoms with Crippen molar-refractivity contribution >= 4 is 23.5 Å². The number of rotatable bonds is 4. The quantitative estimate of drug-likeness (QED) is 0.824. The van der Waals surface area contributed by atoms with Crippen molar-refractivity contribution in [2.75, 3.05) is 36.4 Å². The van der Waals surface area contributed by atoms with Gasteiger partial charge in [0, 0.05) is 44.3 Å². The fourth-order valence-corrected chi connectivity index (χ4v) is 3.77. The van der Waals surface area contributed by atoms with Crippen LogP contribution < -0.4 is 10.2 Å². The van der Waals surface area contributed by atoms with Gasteiger partial charge < -0.3 is 15.1 Å². The molecule has 0 atom stereocenters. The molecular weight excluding hydrogens is 354 g/mol. The van der Waals surface area contributed by atoms with E-state index in [1.165, 1.54) is 0 Å². The Bertz CT molecular complexity index is 867. The maximum absolute atomic E-state index is 13.1. The predicted octanol–water partition coefficient (Wildman–Crippen LogP) is 2.16. The highest BCUT2D eigenvalue weighted by atomic mass is 16.2. The first-order valence-electron chi connectivity index (χ1n) is 9.70. The third-order valence-corrected chi connectivity index (χ3v) is 5.72. The number of aryl methyl sites for hydroxylation is 2. The van der Waals surface area contributed by atoms with Crippen LogP contribution >= 0.6 is 0 Å². The van der Waals surface area contributed by atoms with Crippen LogP contribution in [0, 0.1) is 19.3 Å². The number of anilines is 2. The van der Waals surface area contributed by atoms with Crippen LogP contribution in [0.3, 0.4) is 0 Å². The molecule has 1 saturated carbocycles. The number of nitrogens with zero attached hydrogens (tertiary/aromatic N) is 4. The topological polar surface area (TPSA) is 78.4 Å². The van der Waals surface area contributed by atoms with E-state index in [-0.39, 0.29) is 11.8 Å². The molecular formula is C21H25N5O2. The normalized spacial score (nSPS) is 17.9. The number of carbonyl (C=O) groups excluding carboxylic acids is 2. The second-order valence-electron chi connectivity index (χ2n) is 7.63. The fraction of sp³-hybridized carbons (Fsp3) is 0.429. The van der Waals surface area contributed by atoms with Crippen molar-refractivity contribution in [3.05, 3.63) is 47.8 Å². The molecule has 0 unspecified atom stereocenters. The maximum Gasteiger partial charge on any atom is 0.240 e. The average Bonchev–Trinajstić information content (AvgIpc) is 3.53. The molecule has 2 amide bonds. The molecule has 1 aromatic carbocycles. The molecule has 146 valence electrons. The van der Waals surface area contributed by atoms with E-state index < -0.39 is 5.41 Å². The number of carbonyl (C=O) groups is 2. The number of nitrogens with one attached hydrogen (secondary N) is 1. The van der Waals surface area contributed by atoms with Gasteiger partial charge in [0.05, 0.1) is 0 Å². The minimum Gasteiger partial charge on any atom is -0.338 e. The molecule has 2 fully saturated rings. The molecule has 7 heteroatoms. The summed E-state index contributed by atoms with van der Waals surface area (Å²) in [5.41, 5.74) is 1.93. The molecule has 2 aromatic rings. The average molecular weight is 379 g/mol. The number of amides is 2. The van der Waals surface area contributed by atoms with Crippen molar-refractivity contribution in [3.63, 3.8) is 0 Å². The van der Waals surface area contributed by atoms with Gasteiger partial charge in [0.15, 0.2) is 0 Å². The van der Waals surface area contributed by atoms with Crippen LogP contribution in [0.4, 0.5) is 11.6 Å². The number of aromatic nitrogens is 2. The minimum absolute atomic E-state index is 0.0510. The van der Waals surface area contributed by atoms with E-state index in [9.17, 15) is 9.59 Å². The molecule has 1 N–H and O–H groups in total. The van der Waals surface area contributed by atoms with Crippen LogP contribution in [-0.4, -0.2) is 52.9 Å². The Labute approximate surface area is 164 Å². The maximum atomic E-state index is 13.1. The van der Waals surface area contributed by atoms with E-state index in [0.717, 1.165) is 16.8 Å². The van der Waals surface area contributed by atoms with Crippen molar-refractivity contribution in [1.29, 1.82) is 0 Å². The lowest BCUT2D eigenvalue weighted by Crippen LogP contribution is -2.53. The summed E-state index contributed by atoms with van der Waals surface area (Å²) in [5, 5.41) is 3.02. The van der Waals surface area contributed by atoms with Crippen molar-refractivity contribution in [2.45, 2.75) is 26.7 Å². The zero-order valence-electron chi connectivity index (χ0n) is 16.3. The fourth-order valence-electron chi connectivity index (χ4n) is 3.77. The standard InChI is InChI=1S/C21H25N5O2/c1-15-5-3-6-16(2)17(15)24-18(27)21(7-8-21)19(28)25-11-13-26(14-12-25)20-22-9-4-10-23-20/h3-6,9-10H,7-8,11-14H2,1-2H3,(H,24,27). The van der Waals surface area contributed by atoms with E-state index >= 15 is 0 Å². The van der Waals surface area contributed by atoms with Crippen LogP contribution in [0.1, 0.15) is 24.0 Å². The van der Waals surface area contributed by atoms with E-state index in [0.29, 0.717) is 45.0 Å². The van der Waals surface area contributed by atoms with Crippen LogP contribution in [0.25, 0.3) is 0 Å². The lowest BCUT2D eigenvalue weighted by Gasteiger charge is -2.36. The van der Waals surface area contributed by atoms with Crippen molar-refractivity contribution in [1.82, 2.24) is 14.9 Å². The molecule has 0 bridgehead atoms. The summed E-state index contributed by atoms with van der Waals surface area (Å²) in [6.45, 7) is 6.43. The Balaban J connectivity index is 1.41. The highest BCUT2D eigenvalue weighted by molar-refractivity contribution is 6.13. The molecule has 0 radical (unpaired) electrons. The third kappa shape index (κ3) is 3.32. The molecule has 4 rings (SSSR count). The van der Waals surface area contributed by atoms with Gasteiger partial charge in [-0.3, -0.25) is 9.59 Å². The first kappa shape index (κ1) is 18.4. The Morgan fingerprint density at radius 1 is 0.964 bits per heavy atom.